The van der Waals surface area contributed by atoms with Crippen molar-refractivity contribution in [1.82, 2.24) is 4.98 Å². The maximum absolute atomic E-state index is 10.7. The molecule has 0 radical (unpaired) electrons. The molecule has 0 unspecified atom stereocenters. The molecule has 2 N–H and O–H groups in total. The van der Waals surface area contributed by atoms with Crippen LogP contribution in [0.15, 0.2) is 42.7 Å². The molecule has 0 aliphatic rings. The second kappa shape index (κ2) is 5.18. The summed E-state index contributed by atoms with van der Waals surface area (Å²) in [6.45, 7) is 0.305. The lowest BCUT2D eigenvalue weighted by Gasteiger charge is -2.07. The molecule has 92 valence electrons. The smallest absolute Gasteiger partial charge is 0.339 e. The molecule has 2 aromatic rings. The Hall–Kier alpha value is -2.56. The van der Waals surface area contributed by atoms with Crippen LogP contribution in [0, 0.1) is 0 Å². The van der Waals surface area contributed by atoms with Crippen LogP contribution in [0.3, 0.4) is 0 Å². The number of hydrogen-bond donors (Lipinski definition) is 2. The van der Waals surface area contributed by atoms with Crippen LogP contribution in [0.5, 0.6) is 11.5 Å². The van der Waals surface area contributed by atoms with Crippen LogP contribution in [0.25, 0.3) is 0 Å². The molecule has 0 amide bonds. The third-order valence-electron chi connectivity index (χ3n) is 2.33. The molecule has 0 saturated carbocycles. The first-order valence-electron chi connectivity index (χ1n) is 5.25. The summed E-state index contributed by atoms with van der Waals surface area (Å²) in [7, 11) is 0. The third kappa shape index (κ3) is 2.76. The quantitative estimate of drug-likeness (QED) is 0.861. The molecule has 1 aromatic carbocycles. The van der Waals surface area contributed by atoms with Crippen molar-refractivity contribution in [3.8, 4) is 11.5 Å². The van der Waals surface area contributed by atoms with Gasteiger partial charge in [0.1, 0.15) is 23.7 Å². The van der Waals surface area contributed by atoms with Crippen molar-refractivity contribution in [2.75, 3.05) is 0 Å². The number of carboxylic acids is 1. The van der Waals surface area contributed by atoms with Gasteiger partial charge in [0.25, 0.3) is 0 Å². The van der Waals surface area contributed by atoms with Gasteiger partial charge in [0, 0.05) is 24.0 Å². The van der Waals surface area contributed by atoms with Crippen molar-refractivity contribution >= 4 is 5.97 Å². The predicted molar refractivity (Wildman–Crippen MR) is 63.6 cm³/mol. The summed E-state index contributed by atoms with van der Waals surface area (Å²) in [5, 5.41) is 18.2. The maximum Gasteiger partial charge on any atom is 0.339 e. The summed E-state index contributed by atoms with van der Waals surface area (Å²) in [4.78, 5) is 14.6. The van der Waals surface area contributed by atoms with E-state index in [9.17, 15) is 9.90 Å². The monoisotopic (exact) mass is 245 g/mol. The maximum atomic E-state index is 10.7. The highest BCUT2D eigenvalue weighted by Gasteiger charge is 2.10. The number of ether oxygens (including phenoxy) is 1. The SMILES string of the molecule is O=C(O)c1ccc(OCc2cccnc2)cc1O. The molecule has 5 heteroatoms. The van der Waals surface area contributed by atoms with Gasteiger partial charge in [0.05, 0.1) is 0 Å². The number of aromatic hydroxyl groups is 1. The minimum atomic E-state index is -1.17. The van der Waals surface area contributed by atoms with E-state index in [0.717, 1.165) is 5.56 Å². The first kappa shape index (κ1) is 11.9. The molecule has 0 bridgehead atoms. The van der Waals surface area contributed by atoms with Crippen molar-refractivity contribution in [2.45, 2.75) is 6.61 Å². The second-order valence-electron chi connectivity index (χ2n) is 3.63. The Bertz CT molecular complexity index is 554. The summed E-state index contributed by atoms with van der Waals surface area (Å²) in [5.41, 5.74) is 0.739. The molecule has 1 heterocycles. The van der Waals surface area contributed by atoms with E-state index in [2.05, 4.69) is 4.98 Å². The minimum Gasteiger partial charge on any atom is -0.507 e. The number of pyridine rings is 1. The number of nitrogens with zero attached hydrogens (tertiary/aromatic N) is 1. The Labute approximate surface area is 103 Å². The Balaban J connectivity index is 2.07. The highest BCUT2D eigenvalue weighted by atomic mass is 16.5. The van der Waals surface area contributed by atoms with Crippen molar-refractivity contribution in [2.24, 2.45) is 0 Å². The fourth-order valence-corrected chi connectivity index (χ4v) is 1.43. The topological polar surface area (TPSA) is 79.7 Å². The van der Waals surface area contributed by atoms with Gasteiger partial charge in [-0.2, -0.15) is 0 Å². The van der Waals surface area contributed by atoms with Crippen LogP contribution in [-0.4, -0.2) is 21.2 Å². The van der Waals surface area contributed by atoms with Crippen LogP contribution in [0.4, 0.5) is 0 Å². The number of phenols is 1. The third-order valence-corrected chi connectivity index (χ3v) is 2.33. The van der Waals surface area contributed by atoms with Gasteiger partial charge < -0.3 is 14.9 Å². The first-order chi connectivity index (χ1) is 8.66. The zero-order valence-corrected chi connectivity index (χ0v) is 9.41. The van der Waals surface area contributed by atoms with E-state index in [1.54, 1.807) is 18.5 Å². The van der Waals surface area contributed by atoms with E-state index in [1.165, 1.54) is 18.2 Å². The van der Waals surface area contributed by atoms with Crippen LogP contribution in [0.2, 0.25) is 0 Å². The lowest BCUT2D eigenvalue weighted by Crippen LogP contribution is -1.99. The van der Waals surface area contributed by atoms with E-state index in [0.29, 0.717) is 12.4 Å². The standard InChI is InChI=1S/C13H11NO4/c15-12-6-10(3-4-11(12)13(16)17)18-8-9-2-1-5-14-7-9/h1-7,15H,8H2,(H,16,17). The molecule has 2 rings (SSSR count). The number of benzene rings is 1. The number of carboxylic acid groups (broad SMARTS) is 1. The fraction of sp³-hybridized carbons (Fsp3) is 0.0769. The zero-order valence-electron chi connectivity index (χ0n) is 9.41. The zero-order chi connectivity index (χ0) is 13.0. The fourth-order valence-electron chi connectivity index (χ4n) is 1.43. The number of hydrogen-bond acceptors (Lipinski definition) is 4. The normalized spacial score (nSPS) is 10.0. The number of aromatic nitrogens is 1. The second-order valence-corrected chi connectivity index (χ2v) is 3.63. The van der Waals surface area contributed by atoms with Gasteiger partial charge in [-0.05, 0) is 18.2 Å². The van der Waals surface area contributed by atoms with Gasteiger partial charge in [0.15, 0.2) is 0 Å². The molecule has 0 atom stereocenters. The van der Waals surface area contributed by atoms with E-state index in [1.807, 2.05) is 6.07 Å². The highest BCUT2D eigenvalue weighted by Crippen LogP contribution is 2.24. The van der Waals surface area contributed by atoms with Gasteiger partial charge in [-0.3, -0.25) is 4.98 Å². The summed E-state index contributed by atoms with van der Waals surface area (Å²) in [6, 6.07) is 7.73. The molecule has 0 spiro atoms. The molecule has 0 aliphatic heterocycles. The lowest BCUT2D eigenvalue weighted by atomic mass is 10.2. The molecule has 0 fully saturated rings. The van der Waals surface area contributed by atoms with Crippen LogP contribution < -0.4 is 4.74 Å². The Morgan fingerprint density at radius 1 is 1.33 bits per heavy atom. The van der Waals surface area contributed by atoms with E-state index in [4.69, 9.17) is 9.84 Å². The largest absolute Gasteiger partial charge is 0.507 e. The summed E-state index contributed by atoms with van der Waals surface area (Å²) < 4.78 is 5.41. The van der Waals surface area contributed by atoms with Crippen LogP contribution in [-0.2, 0) is 6.61 Å². The van der Waals surface area contributed by atoms with Crippen molar-refractivity contribution in [3.63, 3.8) is 0 Å². The summed E-state index contributed by atoms with van der Waals surface area (Å²) >= 11 is 0. The summed E-state index contributed by atoms with van der Waals surface area (Å²) in [5.74, 6) is -1.08. The van der Waals surface area contributed by atoms with E-state index in [-0.39, 0.29) is 11.3 Å². The lowest BCUT2D eigenvalue weighted by molar-refractivity contribution is 0.0693. The molecule has 5 nitrogen and oxygen atoms in total. The van der Waals surface area contributed by atoms with Crippen LogP contribution in [0.1, 0.15) is 15.9 Å². The van der Waals surface area contributed by atoms with E-state index >= 15 is 0 Å². The van der Waals surface area contributed by atoms with E-state index < -0.39 is 5.97 Å². The molecular weight excluding hydrogens is 234 g/mol. The average Bonchev–Trinajstić information content (AvgIpc) is 2.37. The van der Waals surface area contributed by atoms with Crippen molar-refractivity contribution in [1.29, 1.82) is 0 Å². The highest BCUT2D eigenvalue weighted by molar-refractivity contribution is 5.90. The van der Waals surface area contributed by atoms with Gasteiger partial charge in [-0.1, -0.05) is 6.07 Å². The van der Waals surface area contributed by atoms with Gasteiger partial charge in [-0.15, -0.1) is 0 Å². The number of rotatable bonds is 4. The Kier molecular flexibility index (Phi) is 3.43. The number of aromatic carboxylic acids is 1. The van der Waals surface area contributed by atoms with Gasteiger partial charge in [0.2, 0.25) is 0 Å². The van der Waals surface area contributed by atoms with Crippen LogP contribution >= 0.6 is 0 Å². The molecule has 1 aromatic heterocycles. The van der Waals surface area contributed by atoms with Crippen molar-refractivity contribution in [3.05, 3.63) is 53.9 Å². The average molecular weight is 245 g/mol. The first-order valence-corrected chi connectivity index (χ1v) is 5.25. The van der Waals surface area contributed by atoms with Gasteiger partial charge >= 0.3 is 5.97 Å². The molecular formula is C13H11NO4. The van der Waals surface area contributed by atoms with Crippen molar-refractivity contribution < 1.29 is 19.7 Å². The minimum absolute atomic E-state index is 0.149. The predicted octanol–water partition coefficient (Wildman–Crippen LogP) is 2.06. The Morgan fingerprint density at radius 3 is 2.78 bits per heavy atom. The molecule has 18 heavy (non-hydrogen) atoms. The Morgan fingerprint density at radius 2 is 2.17 bits per heavy atom. The molecule has 0 saturated heterocycles. The molecule has 0 aliphatic carbocycles. The summed E-state index contributed by atoms with van der Waals surface area (Å²) in [6.07, 6.45) is 3.34. The number of carbonyl (C=O) groups is 1. The van der Waals surface area contributed by atoms with Gasteiger partial charge in [-0.25, -0.2) is 4.79 Å².